The molecule has 0 aliphatic carbocycles. The van der Waals surface area contributed by atoms with Crippen LogP contribution in [0.15, 0.2) is 6.33 Å². The quantitative estimate of drug-likeness (QED) is 0.594. The number of aliphatic hydroxyl groups excluding tert-OH is 2. The minimum atomic E-state index is -0.791. The van der Waals surface area contributed by atoms with Gasteiger partial charge in [0, 0.05) is 0 Å². The van der Waals surface area contributed by atoms with E-state index < -0.39 is 18.4 Å². The van der Waals surface area contributed by atoms with Crippen molar-refractivity contribution in [1.82, 2.24) is 19.5 Å². The zero-order chi connectivity index (χ0) is 14.4. The van der Waals surface area contributed by atoms with Crippen LogP contribution in [-0.2, 0) is 4.74 Å². The van der Waals surface area contributed by atoms with E-state index in [0.29, 0.717) is 22.8 Å². The van der Waals surface area contributed by atoms with E-state index in [4.69, 9.17) is 10.5 Å². The average molecular weight is 343 g/mol. The topological polar surface area (TPSA) is 119 Å². The summed E-state index contributed by atoms with van der Waals surface area (Å²) in [5.41, 5.74) is 6.84. The molecule has 1 saturated heterocycles. The van der Waals surface area contributed by atoms with Crippen molar-refractivity contribution in [2.24, 2.45) is 0 Å². The number of aliphatic hydroxyl groups is 2. The Labute approximate surface area is 122 Å². The summed E-state index contributed by atoms with van der Waals surface area (Å²) in [5.74, 6) is 0.953. The van der Waals surface area contributed by atoms with E-state index in [0.717, 1.165) is 0 Å². The molecule has 2 aromatic heterocycles. The van der Waals surface area contributed by atoms with Crippen molar-refractivity contribution in [2.45, 2.75) is 30.2 Å². The number of aromatic nitrogens is 4. The Morgan fingerprint density at radius 2 is 2.25 bits per heavy atom. The maximum atomic E-state index is 10.0. The van der Waals surface area contributed by atoms with Crippen LogP contribution in [0.2, 0.25) is 4.82 Å². The van der Waals surface area contributed by atoms with E-state index in [1.807, 2.05) is 0 Å². The fourth-order valence-electron chi connectivity index (χ4n) is 2.42. The van der Waals surface area contributed by atoms with E-state index in [-0.39, 0.29) is 11.4 Å². The number of rotatable bonds is 2. The van der Waals surface area contributed by atoms with Gasteiger partial charge >= 0.3 is 122 Å². The summed E-state index contributed by atoms with van der Waals surface area (Å²) in [6.45, 7) is 1.55. The van der Waals surface area contributed by atoms with Gasteiger partial charge in [-0.25, -0.2) is 0 Å². The molecule has 20 heavy (non-hydrogen) atoms. The summed E-state index contributed by atoms with van der Waals surface area (Å²) >= 11 is 2.89. The number of nitrogens with zero attached hydrogens (tertiary/aromatic N) is 4. The predicted octanol–water partition coefficient (Wildman–Crippen LogP) is -1.08. The van der Waals surface area contributed by atoms with Gasteiger partial charge in [0.15, 0.2) is 0 Å². The average Bonchev–Trinajstić information content (AvgIpc) is 2.90. The van der Waals surface area contributed by atoms with Crippen LogP contribution in [0.4, 0.5) is 5.82 Å². The zero-order valence-electron chi connectivity index (χ0n) is 10.7. The predicted molar refractivity (Wildman–Crippen MR) is 71.0 cm³/mol. The monoisotopic (exact) mass is 344 g/mol. The molecule has 0 bridgehead atoms. The summed E-state index contributed by atoms with van der Waals surface area (Å²) in [5, 5.41) is 19.3. The number of fused-ring (bicyclic) bond motifs is 1. The number of hydrogen-bond donors (Lipinski definition) is 3. The van der Waals surface area contributed by atoms with E-state index in [9.17, 15) is 10.2 Å². The van der Waals surface area contributed by atoms with Gasteiger partial charge in [-0.2, -0.15) is 0 Å². The standard InChI is InChI=1S/C11H14N5O3Se/c1-4-15-6-9(12)13-3-14-10(6)16(4)11-8(20)7(18)5(2-17)19-11/h3,5,7-8,11,17-18H,2H2,1H3,(H2,12,13,14)/t5-,7-,8-,11-/m1/s1. The molecule has 0 amide bonds. The van der Waals surface area contributed by atoms with E-state index in [2.05, 4.69) is 31.0 Å². The maximum absolute atomic E-state index is 10.0. The number of aryl methyl sites for hydroxylation is 1. The van der Waals surface area contributed by atoms with Gasteiger partial charge in [0.25, 0.3) is 0 Å². The molecule has 3 rings (SSSR count). The Kier molecular flexibility index (Phi) is 3.39. The number of ether oxygens (including phenoxy) is 1. The fraction of sp³-hybridized carbons (Fsp3) is 0.545. The van der Waals surface area contributed by atoms with E-state index in [1.54, 1.807) is 11.5 Å². The third-order valence-corrected chi connectivity index (χ3v) is 4.50. The first-order valence-corrected chi connectivity index (χ1v) is 7.08. The molecule has 1 aliphatic heterocycles. The van der Waals surface area contributed by atoms with Crippen LogP contribution < -0.4 is 5.73 Å². The van der Waals surface area contributed by atoms with Crippen molar-refractivity contribution in [2.75, 3.05) is 12.3 Å². The Morgan fingerprint density at radius 1 is 1.50 bits per heavy atom. The molecule has 0 spiro atoms. The summed E-state index contributed by atoms with van der Waals surface area (Å²) < 4.78 is 7.46. The van der Waals surface area contributed by atoms with Crippen LogP contribution in [0.1, 0.15) is 12.1 Å². The first-order chi connectivity index (χ1) is 9.54. The van der Waals surface area contributed by atoms with Crippen LogP contribution in [-0.4, -0.2) is 64.6 Å². The van der Waals surface area contributed by atoms with Crippen molar-refractivity contribution in [3.05, 3.63) is 12.2 Å². The van der Waals surface area contributed by atoms with Gasteiger partial charge in [-0.05, 0) is 0 Å². The number of hydrogen-bond acceptors (Lipinski definition) is 7. The SMILES string of the molecule is Cc1nc2c(N)ncnc2n1[C@@H]1O[C@H](CO)[C@@H](O)[C@H]1[Se]. The van der Waals surface area contributed by atoms with Crippen LogP contribution in [0, 0.1) is 6.92 Å². The van der Waals surface area contributed by atoms with Gasteiger partial charge in [0.05, 0.1) is 0 Å². The molecule has 0 saturated carbocycles. The molecule has 3 heterocycles. The van der Waals surface area contributed by atoms with Crippen LogP contribution in [0.3, 0.4) is 0 Å². The number of imidazole rings is 1. The van der Waals surface area contributed by atoms with Crippen LogP contribution in [0.5, 0.6) is 0 Å². The Bertz CT molecular complexity index is 648. The summed E-state index contributed by atoms with van der Waals surface area (Å²) in [6.07, 6.45) is -0.566. The summed E-state index contributed by atoms with van der Waals surface area (Å²) in [7, 11) is 0. The van der Waals surface area contributed by atoms with Crippen molar-refractivity contribution in [3.8, 4) is 0 Å². The second-order valence-electron chi connectivity index (χ2n) is 4.66. The third-order valence-electron chi connectivity index (χ3n) is 3.43. The molecule has 8 nitrogen and oxygen atoms in total. The van der Waals surface area contributed by atoms with Crippen LogP contribution in [0.25, 0.3) is 11.2 Å². The molecular weight excluding hydrogens is 329 g/mol. The van der Waals surface area contributed by atoms with Gasteiger partial charge in [-0.1, -0.05) is 0 Å². The molecule has 4 N–H and O–H groups in total. The Balaban J connectivity index is 2.11. The molecule has 107 valence electrons. The Morgan fingerprint density at radius 3 is 2.90 bits per heavy atom. The van der Waals surface area contributed by atoms with Gasteiger partial charge in [-0.15, -0.1) is 0 Å². The number of anilines is 1. The van der Waals surface area contributed by atoms with Gasteiger partial charge < -0.3 is 0 Å². The first kappa shape index (κ1) is 13.7. The third kappa shape index (κ3) is 1.90. The van der Waals surface area contributed by atoms with Crippen molar-refractivity contribution in [3.63, 3.8) is 0 Å². The normalized spacial score (nSPS) is 30.2. The molecule has 0 unspecified atom stereocenters. The van der Waals surface area contributed by atoms with Crippen molar-refractivity contribution in [1.29, 1.82) is 0 Å². The second kappa shape index (κ2) is 4.94. The van der Waals surface area contributed by atoms with E-state index in [1.165, 1.54) is 6.33 Å². The zero-order valence-corrected chi connectivity index (χ0v) is 12.4. The second-order valence-corrected chi connectivity index (χ2v) is 5.81. The Hall–Kier alpha value is -1.25. The molecular formula is C11H14N5O3Se. The van der Waals surface area contributed by atoms with Crippen molar-refractivity contribution < 1.29 is 14.9 Å². The van der Waals surface area contributed by atoms with Gasteiger partial charge in [0.1, 0.15) is 0 Å². The molecule has 0 aromatic carbocycles. The van der Waals surface area contributed by atoms with Gasteiger partial charge in [0.2, 0.25) is 0 Å². The first-order valence-electron chi connectivity index (χ1n) is 6.09. The van der Waals surface area contributed by atoms with Crippen LogP contribution >= 0.6 is 0 Å². The molecule has 1 aliphatic rings. The fourth-order valence-corrected chi connectivity index (χ4v) is 3.17. The molecule has 2 aromatic rings. The van der Waals surface area contributed by atoms with E-state index >= 15 is 0 Å². The number of nitrogen functional groups attached to an aromatic ring is 1. The molecule has 9 heteroatoms. The van der Waals surface area contributed by atoms with Crippen molar-refractivity contribution >= 4 is 33.0 Å². The minimum absolute atomic E-state index is 0.251. The summed E-state index contributed by atoms with van der Waals surface area (Å²) in [4.78, 5) is 12.1. The van der Waals surface area contributed by atoms with Gasteiger partial charge in [-0.3, -0.25) is 0 Å². The molecule has 1 radical (unpaired) electrons. The summed E-state index contributed by atoms with van der Waals surface area (Å²) in [6, 6.07) is 0. The molecule has 4 atom stereocenters. The molecule has 1 fully saturated rings. The number of nitrogens with two attached hydrogens (primary N) is 1.